The zero-order chi connectivity index (χ0) is 23.9. The Morgan fingerprint density at radius 1 is 1.09 bits per heavy atom. The number of halogens is 2. The number of hydrogen-bond donors (Lipinski definition) is 1. The Morgan fingerprint density at radius 3 is 2.59 bits per heavy atom. The average Bonchev–Trinajstić information content (AvgIpc) is 2.82. The molecule has 0 bridgehead atoms. The number of carbonyl (C=O) groups excluding carboxylic acids is 2. The number of aryl methyl sites for hydroxylation is 1. The maximum atomic E-state index is 13.1. The molecular formula is C26H23BrClN3O2S. The van der Waals surface area contributed by atoms with Crippen molar-refractivity contribution >= 4 is 67.6 Å². The van der Waals surface area contributed by atoms with E-state index in [0.29, 0.717) is 28.1 Å². The number of carbonyl (C=O) groups is 2. The van der Waals surface area contributed by atoms with Crippen LogP contribution in [0.4, 0.5) is 11.4 Å². The highest BCUT2D eigenvalue weighted by molar-refractivity contribution is 9.10. The van der Waals surface area contributed by atoms with Gasteiger partial charge >= 0.3 is 0 Å². The standard InChI is InChI=1S/C26H23BrClN3O2S/c27-19-9-4-10-22(16-19)29-25(33)23-17-24(32)31(15-5-8-18-6-2-1-3-7-18)26(34-23)30-21-13-11-20(28)12-14-21/h1-4,6-7,9-14,16,23H,5,8,15,17H2,(H,29,33). The Balaban J connectivity index is 1.51. The molecule has 3 aromatic carbocycles. The second kappa shape index (κ2) is 11.7. The molecule has 2 amide bonds. The van der Waals surface area contributed by atoms with E-state index < -0.39 is 5.25 Å². The Labute approximate surface area is 216 Å². The number of rotatable bonds is 7. The molecule has 174 valence electrons. The second-order valence-corrected chi connectivity index (χ2v) is 10.3. The highest BCUT2D eigenvalue weighted by atomic mass is 79.9. The lowest BCUT2D eigenvalue weighted by Gasteiger charge is -2.32. The van der Waals surface area contributed by atoms with Gasteiger partial charge < -0.3 is 5.32 Å². The summed E-state index contributed by atoms with van der Waals surface area (Å²) in [4.78, 5) is 32.5. The molecule has 1 N–H and O–H groups in total. The quantitative estimate of drug-likeness (QED) is 0.352. The van der Waals surface area contributed by atoms with E-state index in [1.54, 1.807) is 29.2 Å². The first-order valence-corrected chi connectivity index (χ1v) is 12.9. The number of amidine groups is 1. The molecule has 0 aromatic heterocycles. The van der Waals surface area contributed by atoms with Gasteiger partial charge in [-0.05, 0) is 60.9 Å². The molecule has 1 aliphatic heterocycles. The first kappa shape index (κ1) is 24.5. The fourth-order valence-electron chi connectivity index (χ4n) is 3.56. The first-order chi connectivity index (χ1) is 16.5. The van der Waals surface area contributed by atoms with E-state index in [9.17, 15) is 9.59 Å². The lowest BCUT2D eigenvalue weighted by atomic mass is 10.1. The molecule has 1 heterocycles. The maximum Gasteiger partial charge on any atom is 0.238 e. The van der Waals surface area contributed by atoms with Crippen molar-refractivity contribution in [3.63, 3.8) is 0 Å². The van der Waals surface area contributed by atoms with Crippen LogP contribution in [0.25, 0.3) is 0 Å². The van der Waals surface area contributed by atoms with Crippen LogP contribution in [0.2, 0.25) is 5.02 Å². The normalized spacial score (nSPS) is 17.1. The van der Waals surface area contributed by atoms with Gasteiger partial charge in [-0.1, -0.05) is 75.7 Å². The van der Waals surface area contributed by atoms with Gasteiger partial charge in [0.2, 0.25) is 11.8 Å². The zero-order valence-corrected chi connectivity index (χ0v) is 21.4. The maximum absolute atomic E-state index is 13.1. The van der Waals surface area contributed by atoms with Crippen molar-refractivity contribution < 1.29 is 9.59 Å². The minimum atomic E-state index is -0.567. The van der Waals surface area contributed by atoms with Crippen LogP contribution in [0.15, 0.2) is 88.3 Å². The minimum Gasteiger partial charge on any atom is -0.325 e. The number of hydrogen-bond acceptors (Lipinski definition) is 4. The Hall–Kier alpha value is -2.61. The van der Waals surface area contributed by atoms with Crippen LogP contribution >= 0.6 is 39.3 Å². The van der Waals surface area contributed by atoms with Crippen molar-refractivity contribution in [1.82, 2.24) is 4.90 Å². The number of amides is 2. The SMILES string of the molecule is O=C(Nc1cccc(Br)c1)C1CC(=O)N(CCCc2ccccc2)C(=Nc2ccc(Cl)cc2)S1. The molecule has 1 atom stereocenters. The van der Waals surface area contributed by atoms with Crippen molar-refractivity contribution in [2.24, 2.45) is 4.99 Å². The molecule has 0 spiro atoms. The van der Waals surface area contributed by atoms with Gasteiger partial charge in [0.25, 0.3) is 0 Å². The van der Waals surface area contributed by atoms with E-state index in [-0.39, 0.29) is 18.2 Å². The van der Waals surface area contributed by atoms with Gasteiger partial charge in [-0.2, -0.15) is 0 Å². The van der Waals surface area contributed by atoms with Gasteiger partial charge in [-0.15, -0.1) is 0 Å². The molecular weight excluding hydrogens is 534 g/mol. The van der Waals surface area contributed by atoms with Gasteiger partial charge in [0.1, 0.15) is 5.25 Å². The predicted octanol–water partition coefficient (Wildman–Crippen LogP) is 6.70. The number of nitrogens with zero attached hydrogens (tertiary/aromatic N) is 2. The van der Waals surface area contributed by atoms with Gasteiger partial charge in [0.05, 0.1) is 5.69 Å². The summed E-state index contributed by atoms with van der Waals surface area (Å²) >= 11 is 10.7. The van der Waals surface area contributed by atoms with Gasteiger partial charge in [-0.3, -0.25) is 14.5 Å². The summed E-state index contributed by atoms with van der Waals surface area (Å²) in [5, 5.41) is 3.49. The number of benzene rings is 3. The first-order valence-electron chi connectivity index (χ1n) is 10.9. The largest absolute Gasteiger partial charge is 0.325 e. The summed E-state index contributed by atoms with van der Waals surface area (Å²) in [5.41, 5.74) is 2.58. The van der Waals surface area contributed by atoms with Crippen LogP contribution in [-0.4, -0.2) is 33.7 Å². The number of anilines is 1. The molecule has 0 saturated carbocycles. The molecule has 1 fully saturated rings. The van der Waals surface area contributed by atoms with Crippen LogP contribution in [0, 0.1) is 0 Å². The summed E-state index contributed by atoms with van der Waals surface area (Å²) in [6, 6.07) is 24.7. The smallest absolute Gasteiger partial charge is 0.238 e. The topological polar surface area (TPSA) is 61.8 Å². The average molecular weight is 557 g/mol. The van der Waals surface area contributed by atoms with Crippen molar-refractivity contribution in [3.05, 3.63) is 93.9 Å². The van der Waals surface area contributed by atoms with E-state index in [4.69, 9.17) is 16.6 Å². The molecule has 4 rings (SSSR count). The molecule has 8 heteroatoms. The number of thioether (sulfide) groups is 1. The number of aliphatic imine (C=N–C) groups is 1. The number of nitrogens with one attached hydrogen (secondary N) is 1. The van der Waals surface area contributed by atoms with Gasteiger partial charge in [0.15, 0.2) is 5.17 Å². The highest BCUT2D eigenvalue weighted by Gasteiger charge is 2.35. The second-order valence-electron chi connectivity index (χ2n) is 7.82. The van der Waals surface area contributed by atoms with E-state index >= 15 is 0 Å². The van der Waals surface area contributed by atoms with Crippen LogP contribution in [-0.2, 0) is 16.0 Å². The molecule has 0 aliphatic carbocycles. The van der Waals surface area contributed by atoms with Crippen molar-refractivity contribution in [1.29, 1.82) is 0 Å². The minimum absolute atomic E-state index is 0.103. The predicted molar refractivity (Wildman–Crippen MR) is 144 cm³/mol. The molecule has 1 unspecified atom stereocenters. The van der Waals surface area contributed by atoms with Crippen molar-refractivity contribution in [3.8, 4) is 0 Å². The Kier molecular flexibility index (Phi) is 8.43. The van der Waals surface area contributed by atoms with Crippen LogP contribution in [0.3, 0.4) is 0 Å². The molecule has 1 aliphatic rings. The molecule has 3 aromatic rings. The van der Waals surface area contributed by atoms with Crippen molar-refractivity contribution in [2.45, 2.75) is 24.5 Å². The van der Waals surface area contributed by atoms with E-state index in [1.807, 2.05) is 42.5 Å². The molecule has 34 heavy (non-hydrogen) atoms. The van der Waals surface area contributed by atoms with Crippen molar-refractivity contribution in [2.75, 3.05) is 11.9 Å². The molecule has 1 saturated heterocycles. The van der Waals surface area contributed by atoms with Crippen LogP contribution < -0.4 is 5.32 Å². The summed E-state index contributed by atoms with van der Waals surface area (Å²) < 4.78 is 0.868. The molecule has 0 radical (unpaired) electrons. The fraction of sp³-hybridized carbons (Fsp3) is 0.192. The summed E-state index contributed by atoms with van der Waals surface area (Å²) in [5.74, 6) is -0.321. The fourth-order valence-corrected chi connectivity index (χ4v) is 5.21. The van der Waals surface area contributed by atoms with Crippen LogP contribution in [0.5, 0.6) is 0 Å². The highest BCUT2D eigenvalue weighted by Crippen LogP contribution is 2.31. The van der Waals surface area contributed by atoms with E-state index in [0.717, 1.165) is 17.3 Å². The third-order valence-corrected chi connectivity index (χ3v) is 7.20. The Morgan fingerprint density at radius 2 is 1.85 bits per heavy atom. The third kappa shape index (κ3) is 6.72. The summed E-state index contributed by atoms with van der Waals surface area (Å²) in [6.07, 6.45) is 1.77. The zero-order valence-electron chi connectivity index (χ0n) is 18.3. The van der Waals surface area contributed by atoms with Crippen LogP contribution in [0.1, 0.15) is 18.4 Å². The lowest BCUT2D eigenvalue weighted by molar-refractivity contribution is -0.129. The monoisotopic (exact) mass is 555 g/mol. The third-order valence-electron chi connectivity index (χ3n) is 5.27. The molecule has 5 nitrogen and oxygen atoms in total. The van der Waals surface area contributed by atoms with E-state index in [2.05, 4.69) is 33.4 Å². The summed E-state index contributed by atoms with van der Waals surface area (Å²) in [7, 11) is 0. The lowest BCUT2D eigenvalue weighted by Crippen LogP contribution is -2.45. The Bertz CT molecular complexity index is 1190. The van der Waals surface area contributed by atoms with E-state index in [1.165, 1.54) is 17.3 Å². The van der Waals surface area contributed by atoms with Gasteiger partial charge in [-0.25, -0.2) is 4.99 Å². The summed E-state index contributed by atoms with van der Waals surface area (Å²) in [6.45, 7) is 0.535. The van der Waals surface area contributed by atoms with Gasteiger partial charge in [0, 0.05) is 28.1 Å².